The summed E-state index contributed by atoms with van der Waals surface area (Å²) < 4.78 is 5.18. The van der Waals surface area contributed by atoms with Gasteiger partial charge in [-0.15, -0.1) is 23.7 Å². The molecule has 26 heavy (non-hydrogen) atoms. The SMILES string of the molecule is COc1ccc(-c2[nH]ncc2CNCCNC(=O)c2cccs2)cc1.Cl. The van der Waals surface area contributed by atoms with Crippen molar-refractivity contribution in [3.05, 3.63) is 58.4 Å². The third-order valence-corrected chi connectivity index (χ3v) is 4.61. The van der Waals surface area contributed by atoms with Crippen LogP contribution in [0.15, 0.2) is 48.0 Å². The Bertz CT molecular complexity index is 803. The van der Waals surface area contributed by atoms with E-state index in [0.29, 0.717) is 19.6 Å². The number of ether oxygens (including phenoxy) is 1. The smallest absolute Gasteiger partial charge is 0.261 e. The van der Waals surface area contributed by atoms with Gasteiger partial charge in [0.1, 0.15) is 5.75 Å². The Hall–Kier alpha value is -2.35. The van der Waals surface area contributed by atoms with Gasteiger partial charge in [0, 0.05) is 30.8 Å². The predicted octanol–water partition coefficient (Wildman–Crippen LogP) is 3.09. The van der Waals surface area contributed by atoms with Crippen LogP contribution >= 0.6 is 23.7 Å². The molecule has 1 aromatic carbocycles. The van der Waals surface area contributed by atoms with E-state index in [1.54, 1.807) is 7.11 Å². The lowest BCUT2D eigenvalue weighted by atomic mass is 10.1. The van der Waals surface area contributed by atoms with Crippen molar-refractivity contribution in [2.45, 2.75) is 6.54 Å². The standard InChI is InChI=1S/C18H20N4O2S.ClH/c1-24-15-6-4-13(5-7-15)17-14(12-21-22-17)11-19-8-9-20-18(23)16-3-2-10-25-16;/h2-7,10,12,19H,8-9,11H2,1H3,(H,20,23)(H,21,22);1H. The molecule has 0 atom stereocenters. The van der Waals surface area contributed by atoms with Crippen LogP contribution in [0.5, 0.6) is 5.75 Å². The lowest BCUT2D eigenvalue weighted by Crippen LogP contribution is -2.31. The van der Waals surface area contributed by atoms with Gasteiger partial charge >= 0.3 is 0 Å². The number of halogens is 1. The molecule has 0 aliphatic heterocycles. The van der Waals surface area contributed by atoms with Crippen LogP contribution in [0, 0.1) is 0 Å². The lowest BCUT2D eigenvalue weighted by Gasteiger charge is -2.07. The van der Waals surface area contributed by atoms with Crippen LogP contribution in [0.4, 0.5) is 0 Å². The molecule has 0 saturated heterocycles. The van der Waals surface area contributed by atoms with Crippen LogP contribution in [-0.4, -0.2) is 36.3 Å². The molecule has 0 spiro atoms. The van der Waals surface area contributed by atoms with E-state index in [4.69, 9.17) is 4.74 Å². The maximum Gasteiger partial charge on any atom is 0.261 e. The number of carbonyl (C=O) groups excluding carboxylic acids is 1. The molecule has 0 fully saturated rings. The molecule has 2 aromatic heterocycles. The lowest BCUT2D eigenvalue weighted by molar-refractivity contribution is 0.0958. The Kier molecular flexibility index (Phi) is 7.65. The fraction of sp³-hybridized carbons (Fsp3) is 0.222. The molecule has 1 amide bonds. The average Bonchev–Trinajstić information content (AvgIpc) is 3.33. The molecule has 0 bridgehead atoms. The molecule has 0 saturated carbocycles. The number of hydrogen-bond donors (Lipinski definition) is 3. The first-order valence-electron chi connectivity index (χ1n) is 7.97. The van der Waals surface area contributed by atoms with Crippen molar-refractivity contribution in [1.82, 2.24) is 20.8 Å². The summed E-state index contributed by atoms with van der Waals surface area (Å²) >= 11 is 1.44. The number of aromatic nitrogens is 2. The van der Waals surface area contributed by atoms with Gasteiger partial charge in [-0.05, 0) is 35.7 Å². The van der Waals surface area contributed by atoms with E-state index in [0.717, 1.165) is 27.4 Å². The van der Waals surface area contributed by atoms with Gasteiger partial charge in [-0.2, -0.15) is 5.10 Å². The zero-order valence-electron chi connectivity index (χ0n) is 14.3. The normalized spacial score (nSPS) is 10.2. The Balaban J connectivity index is 0.00000243. The molecule has 8 heteroatoms. The highest BCUT2D eigenvalue weighted by molar-refractivity contribution is 7.12. The van der Waals surface area contributed by atoms with Gasteiger partial charge in [0.2, 0.25) is 0 Å². The van der Waals surface area contributed by atoms with Crippen molar-refractivity contribution in [2.24, 2.45) is 0 Å². The van der Waals surface area contributed by atoms with Crippen LogP contribution in [-0.2, 0) is 6.54 Å². The monoisotopic (exact) mass is 392 g/mol. The number of benzene rings is 1. The minimum absolute atomic E-state index is 0. The van der Waals surface area contributed by atoms with Gasteiger partial charge in [-0.3, -0.25) is 9.89 Å². The minimum Gasteiger partial charge on any atom is -0.497 e. The fourth-order valence-electron chi connectivity index (χ4n) is 2.44. The second kappa shape index (κ2) is 9.96. The van der Waals surface area contributed by atoms with Crippen LogP contribution < -0.4 is 15.4 Å². The van der Waals surface area contributed by atoms with Gasteiger partial charge in [-0.1, -0.05) is 6.07 Å². The number of carbonyl (C=O) groups is 1. The second-order valence-electron chi connectivity index (χ2n) is 5.41. The Morgan fingerprint density at radius 2 is 2.04 bits per heavy atom. The molecule has 0 aliphatic carbocycles. The van der Waals surface area contributed by atoms with E-state index < -0.39 is 0 Å². The molecule has 138 valence electrons. The molecule has 0 radical (unpaired) electrons. The number of rotatable bonds is 8. The van der Waals surface area contributed by atoms with E-state index in [9.17, 15) is 4.79 Å². The molecular weight excluding hydrogens is 372 g/mol. The maximum atomic E-state index is 11.8. The van der Waals surface area contributed by atoms with Crippen molar-refractivity contribution in [2.75, 3.05) is 20.2 Å². The molecule has 6 nitrogen and oxygen atoms in total. The molecule has 0 unspecified atom stereocenters. The number of amides is 1. The molecule has 0 aliphatic rings. The largest absolute Gasteiger partial charge is 0.497 e. The third kappa shape index (κ3) is 5.08. The topological polar surface area (TPSA) is 79.0 Å². The number of hydrogen-bond acceptors (Lipinski definition) is 5. The number of H-pyrrole nitrogens is 1. The number of methoxy groups -OCH3 is 1. The summed E-state index contributed by atoms with van der Waals surface area (Å²) in [5.41, 5.74) is 3.12. The first-order valence-corrected chi connectivity index (χ1v) is 8.85. The van der Waals surface area contributed by atoms with Crippen molar-refractivity contribution >= 4 is 29.7 Å². The quantitative estimate of drug-likeness (QED) is 0.515. The number of nitrogens with one attached hydrogen (secondary N) is 3. The molecular formula is C18H21ClN4O2S. The summed E-state index contributed by atoms with van der Waals surface area (Å²) in [5.74, 6) is 0.795. The highest BCUT2D eigenvalue weighted by Gasteiger charge is 2.08. The molecule has 3 N–H and O–H groups in total. The van der Waals surface area contributed by atoms with E-state index in [1.165, 1.54) is 11.3 Å². The summed E-state index contributed by atoms with van der Waals surface area (Å²) in [6.07, 6.45) is 1.82. The summed E-state index contributed by atoms with van der Waals surface area (Å²) in [6.45, 7) is 1.93. The number of nitrogens with zero attached hydrogens (tertiary/aromatic N) is 1. The molecule has 2 heterocycles. The highest BCUT2D eigenvalue weighted by atomic mass is 35.5. The average molecular weight is 393 g/mol. The van der Waals surface area contributed by atoms with Gasteiger partial charge < -0.3 is 15.4 Å². The molecule has 3 aromatic rings. The van der Waals surface area contributed by atoms with Gasteiger partial charge in [0.25, 0.3) is 5.91 Å². The van der Waals surface area contributed by atoms with Crippen LogP contribution in [0.1, 0.15) is 15.2 Å². The fourth-order valence-corrected chi connectivity index (χ4v) is 3.08. The van der Waals surface area contributed by atoms with Crippen molar-refractivity contribution in [3.63, 3.8) is 0 Å². The van der Waals surface area contributed by atoms with Crippen molar-refractivity contribution in [3.8, 4) is 17.0 Å². The van der Waals surface area contributed by atoms with Gasteiger partial charge in [-0.25, -0.2) is 0 Å². The first kappa shape index (κ1) is 20.0. The minimum atomic E-state index is -0.0287. The van der Waals surface area contributed by atoms with Gasteiger partial charge in [0.05, 0.1) is 23.9 Å². The number of aromatic amines is 1. The number of thiophene rings is 1. The van der Waals surface area contributed by atoms with E-state index in [2.05, 4.69) is 20.8 Å². The summed E-state index contributed by atoms with van der Waals surface area (Å²) in [6, 6.07) is 11.5. The van der Waals surface area contributed by atoms with E-state index >= 15 is 0 Å². The van der Waals surface area contributed by atoms with Crippen LogP contribution in [0.25, 0.3) is 11.3 Å². The summed E-state index contributed by atoms with van der Waals surface area (Å²) in [5, 5.41) is 15.3. The Labute approximate surface area is 162 Å². The first-order chi connectivity index (χ1) is 12.3. The van der Waals surface area contributed by atoms with E-state index in [1.807, 2.05) is 48.0 Å². The Morgan fingerprint density at radius 3 is 2.73 bits per heavy atom. The van der Waals surface area contributed by atoms with Crippen molar-refractivity contribution < 1.29 is 9.53 Å². The van der Waals surface area contributed by atoms with Crippen LogP contribution in [0.3, 0.4) is 0 Å². The van der Waals surface area contributed by atoms with E-state index in [-0.39, 0.29) is 18.3 Å². The maximum absolute atomic E-state index is 11.8. The molecule has 3 rings (SSSR count). The van der Waals surface area contributed by atoms with Crippen LogP contribution in [0.2, 0.25) is 0 Å². The highest BCUT2D eigenvalue weighted by Crippen LogP contribution is 2.23. The summed E-state index contributed by atoms with van der Waals surface area (Å²) in [4.78, 5) is 12.6. The predicted molar refractivity (Wildman–Crippen MR) is 106 cm³/mol. The zero-order chi connectivity index (χ0) is 17.5. The Morgan fingerprint density at radius 1 is 1.23 bits per heavy atom. The van der Waals surface area contributed by atoms with Crippen molar-refractivity contribution in [1.29, 1.82) is 0 Å². The zero-order valence-corrected chi connectivity index (χ0v) is 16.0. The third-order valence-electron chi connectivity index (χ3n) is 3.74. The second-order valence-corrected chi connectivity index (χ2v) is 6.36. The van der Waals surface area contributed by atoms with Gasteiger partial charge in [0.15, 0.2) is 0 Å². The summed E-state index contributed by atoms with van der Waals surface area (Å²) in [7, 11) is 1.65.